The van der Waals surface area contributed by atoms with E-state index >= 15 is 0 Å². The van der Waals surface area contributed by atoms with Crippen molar-refractivity contribution in [1.29, 1.82) is 0 Å². The second kappa shape index (κ2) is 5.55. The molecule has 3 heteroatoms. The van der Waals surface area contributed by atoms with Gasteiger partial charge in [-0.3, -0.25) is 4.79 Å². The molecule has 19 heavy (non-hydrogen) atoms. The molecule has 1 aromatic carbocycles. The van der Waals surface area contributed by atoms with E-state index in [4.69, 9.17) is 0 Å². The van der Waals surface area contributed by atoms with Gasteiger partial charge in [0.15, 0.2) is 0 Å². The molecular formula is C16H20FNO. The van der Waals surface area contributed by atoms with E-state index in [1.54, 1.807) is 17.0 Å². The molecule has 0 aliphatic heterocycles. The smallest absolute Gasteiger partial charge is 0.226 e. The van der Waals surface area contributed by atoms with Crippen molar-refractivity contribution >= 4 is 5.91 Å². The maximum atomic E-state index is 13.7. The fourth-order valence-corrected chi connectivity index (χ4v) is 2.49. The van der Waals surface area contributed by atoms with Crippen LogP contribution in [0, 0.1) is 11.7 Å². The minimum Gasteiger partial charge on any atom is -0.339 e. The average Bonchev–Trinajstić information content (AvgIpc) is 3.15. The summed E-state index contributed by atoms with van der Waals surface area (Å²) < 4.78 is 13.7. The Hall–Kier alpha value is -1.64. The molecule has 1 aliphatic carbocycles. The average molecular weight is 261 g/mol. The maximum Gasteiger partial charge on any atom is 0.226 e. The standard InChI is InChI=1S/C16H20FNO/c1-4-18(10-11(2)3)16(19)14-9-13(14)12-7-5-6-8-15(12)17/h5-8,13-14H,2,4,9-10H2,1,3H3. The summed E-state index contributed by atoms with van der Waals surface area (Å²) in [6.45, 7) is 8.98. The Labute approximate surface area is 113 Å². The van der Waals surface area contributed by atoms with Crippen LogP contribution in [0.5, 0.6) is 0 Å². The van der Waals surface area contributed by atoms with Crippen molar-refractivity contribution in [2.45, 2.75) is 26.2 Å². The van der Waals surface area contributed by atoms with Crippen molar-refractivity contribution in [3.8, 4) is 0 Å². The molecule has 0 N–H and O–H groups in total. The van der Waals surface area contributed by atoms with Gasteiger partial charge in [-0.05, 0) is 37.8 Å². The molecule has 0 bridgehead atoms. The first-order chi connectivity index (χ1) is 9.04. The molecule has 1 aromatic rings. The Morgan fingerprint density at radius 1 is 1.47 bits per heavy atom. The second-order valence-corrected chi connectivity index (χ2v) is 5.28. The number of halogens is 1. The highest BCUT2D eigenvalue weighted by Crippen LogP contribution is 2.49. The first-order valence-corrected chi connectivity index (χ1v) is 6.72. The van der Waals surface area contributed by atoms with Gasteiger partial charge < -0.3 is 4.90 Å². The Balaban J connectivity index is 2.04. The lowest BCUT2D eigenvalue weighted by molar-refractivity contribution is -0.132. The molecule has 2 atom stereocenters. The quantitative estimate of drug-likeness (QED) is 0.744. The van der Waals surface area contributed by atoms with Crippen LogP contribution in [0.4, 0.5) is 4.39 Å². The van der Waals surface area contributed by atoms with Gasteiger partial charge in [-0.2, -0.15) is 0 Å². The fraction of sp³-hybridized carbons (Fsp3) is 0.438. The molecule has 1 aliphatic rings. The Bertz CT molecular complexity index is 497. The lowest BCUT2D eigenvalue weighted by Crippen LogP contribution is -2.33. The topological polar surface area (TPSA) is 20.3 Å². The van der Waals surface area contributed by atoms with Crippen LogP contribution in [0.2, 0.25) is 0 Å². The lowest BCUT2D eigenvalue weighted by atomic mass is 10.1. The van der Waals surface area contributed by atoms with E-state index in [0.29, 0.717) is 18.7 Å². The summed E-state index contributed by atoms with van der Waals surface area (Å²) in [5.74, 6) is -0.0893. The van der Waals surface area contributed by atoms with Crippen LogP contribution in [-0.2, 0) is 4.79 Å². The Morgan fingerprint density at radius 3 is 2.74 bits per heavy atom. The molecule has 1 saturated carbocycles. The van der Waals surface area contributed by atoms with Crippen LogP contribution >= 0.6 is 0 Å². The van der Waals surface area contributed by atoms with E-state index < -0.39 is 0 Å². The van der Waals surface area contributed by atoms with Crippen molar-refractivity contribution in [3.05, 3.63) is 47.8 Å². The van der Waals surface area contributed by atoms with E-state index in [1.807, 2.05) is 19.9 Å². The van der Waals surface area contributed by atoms with Crippen molar-refractivity contribution in [2.24, 2.45) is 5.92 Å². The number of hydrogen-bond donors (Lipinski definition) is 0. The first kappa shape index (κ1) is 13.8. The third-order valence-electron chi connectivity index (χ3n) is 3.57. The highest BCUT2D eigenvalue weighted by atomic mass is 19.1. The summed E-state index contributed by atoms with van der Waals surface area (Å²) >= 11 is 0. The van der Waals surface area contributed by atoms with E-state index in [2.05, 4.69) is 6.58 Å². The summed E-state index contributed by atoms with van der Waals surface area (Å²) in [5.41, 5.74) is 1.64. The molecule has 1 amide bonds. The van der Waals surface area contributed by atoms with Crippen LogP contribution in [-0.4, -0.2) is 23.9 Å². The molecule has 0 aromatic heterocycles. The second-order valence-electron chi connectivity index (χ2n) is 5.28. The zero-order valence-corrected chi connectivity index (χ0v) is 11.5. The number of likely N-dealkylation sites (N-methyl/N-ethyl adjacent to an activating group) is 1. The third-order valence-corrected chi connectivity index (χ3v) is 3.57. The molecule has 0 spiro atoms. The van der Waals surface area contributed by atoms with Crippen LogP contribution in [0.3, 0.4) is 0 Å². The van der Waals surface area contributed by atoms with Gasteiger partial charge in [0.1, 0.15) is 5.82 Å². The Kier molecular flexibility index (Phi) is 4.03. The largest absolute Gasteiger partial charge is 0.339 e. The first-order valence-electron chi connectivity index (χ1n) is 6.72. The predicted molar refractivity (Wildman–Crippen MR) is 74.3 cm³/mol. The van der Waals surface area contributed by atoms with Gasteiger partial charge in [-0.25, -0.2) is 4.39 Å². The van der Waals surface area contributed by atoms with Gasteiger partial charge in [0.2, 0.25) is 5.91 Å². The summed E-state index contributed by atoms with van der Waals surface area (Å²) in [4.78, 5) is 14.1. The molecule has 0 saturated heterocycles. The fourth-order valence-electron chi connectivity index (χ4n) is 2.49. The summed E-state index contributed by atoms with van der Waals surface area (Å²) in [5, 5.41) is 0. The van der Waals surface area contributed by atoms with E-state index in [0.717, 1.165) is 12.0 Å². The predicted octanol–water partition coefficient (Wildman–Crippen LogP) is 3.35. The highest BCUT2D eigenvalue weighted by Gasteiger charge is 2.46. The van der Waals surface area contributed by atoms with Crippen LogP contribution in [0.15, 0.2) is 36.4 Å². The molecule has 2 unspecified atom stereocenters. The number of carbonyl (C=O) groups is 1. The van der Waals surface area contributed by atoms with Crippen LogP contribution in [0.1, 0.15) is 31.7 Å². The minimum absolute atomic E-state index is 0.0490. The van der Waals surface area contributed by atoms with Gasteiger partial charge in [0.25, 0.3) is 0 Å². The van der Waals surface area contributed by atoms with Gasteiger partial charge in [-0.15, -0.1) is 0 Å². The highest BCUT2D eigenvalue weighted by molar-refractivity contribution is 5.83. The van der Waals surface area contributed by atoms with E-state index in [9.17, 15) is 9.18 Å². The Morgan fingerprint density at radius 2 is 2.16 bits per heavy atom. The molecule has 1 fully saturated rings. The summed E-state index contributed by atoms with van der Waals surface area (Å²) in [6.07, 6.45) is 0.756. The molecule has 0 radical (unpaired) electrons. The summed E-state index contributed by atoms with van der Waals surface area (Å²) in [7, 11) is 0. The van der Waals surface area contributed by atoms with Crippen molar-refractivity contribution in [3.63, 3.8) is 0 Å². The number of rotatable bonds is 5. The van der Waals surface area contributed by atoms with Crippen LogP contribution < -0.4 is 0 Å². The molecule has 102 valence electrons. The SMILES string of the molecule is C=C(C)CN(CC)C(=O)C1CC1c1ccccc1F. The minimum atomic E-state index is -0.203. The zero-order chi connectivity index (χ0) is 14.0. The number of amides is 1. The van der Waals surface area contributed by atoms with Gasteiger partial charge >= 0.3 is 0 Å². The number of hydrogen-bond acceptors (Lipinski definition) is 1. The van der Waals surface area contributed by atoms with Crippen molar-refractivity contribution in [1.82, 2.24) is 4.90 Å². The number of nitrogens with zero attached hydrogens (tertiary/aromatic N) is 1. The van der Waals surface area contributed by atoms with Gasteiger partial charge in [-0.1, -0.05) is 30.4 Å². The number of benzene rings is 1. The van der Waals surface area contributed by atoms with E-state index in [1.165, 1.54) is 6.07 Å². The molecule has 2 rings (SSSR count). The molecule has 0 heterocycles. The van der Waals surface area contributed by atoms with Crippen molar-refractivity contribution < 1.29 is 9.18 Å². The monoisotopic (exact) mass is 261 g/mol. The van der Waals surface area contributed by atoms with Gasteiger partial charge in [0, 0.05) is 19.0 Å². The normalized spacial score (nSPS) is 21.0. The number of carbonyl (C=O) groups excluding carboxylic acids is 1. The van der Waals surface area contributed by atoms with E-state index in [-0.39, 0.29) is 23.6 Å². The van der Waals surface area contributed by atoms with Gasteiger partial charge in [0.05, 0.1) is 0 Å². The molecular weight excluding hydrogens is 241 g/mol. The van der Waals surface area contributed by atoms with Crippen molar-refractivity contribution in [2.75, 3.05) is 13.1 Å². The summed E-state index contributed by atoms with van der Waals surface area (Å²) in [6, 6.07) is 6.74. The maximum absolute atomic E-state index is 13.7. The lowest BCUT2D eigenvalue weighted by Gasteiger charge is -2.21. The van der Waals surface area contributed by atoms with Crippen LogP contribution in [0.25, 0.3) is 0 Å². The third kappa shape index (κ3) is 3.03. The zero-order valence-electron chi connectivity index (χ0n) is 11.5. The molecule has 2 nitrogen and oxygen atoms in total.